The molecule has 0 N–H and O–H groups in total. The van der Waals surface area contributed by atoms with Gasteiger partial charge in [-0.05, 0) is 12.1 Å². The second-order valence-electron chi connectivity index (χ2n) is 4.45. The van der Waals surface area contributed by atoms with Crippen molar-refractivity contribution in [3.63, 3.8) is 0 Å². The molecule has 0 amide bonds. The second kappa shape index (κ2) is 9.64. The van der Waals surface area contributed by atoms with E-state index in [1.165, 1.54) is 36.4 Å². The van der Waals surface area contributed by atoms with Gasteiger partial charge in [0.05, 0.1) is 11.3 Å². The molecule has 0 aliphatic carbocycles. The molecular weight excluding hydrogens is 336 g/mol. The van der Waals surface area contributed by atoms with Crippen molar-refractivity contribution in [2.75, 3.05) is 13.2 Å². The molecule has 8 heteroatoms. The lowest BCUT2D eigenvalue weighted by molar-refractivity contribution is -0.157. The summed E-state index contributed by atoms with van der Waals surface area (Å²) in [5, 5.41) is 0. The largest absolute Gasteiger partial charge is 0.461 e. The Balaban J connectivity index is 2.91. The van der Waals surface area contributed by atoms with E-state index in [0.29, 0.717) is 0 Å². The smallest absolute Gasteiger partial charge is 0.337 e. The van der Waals surface area contributed by atoms with Crippen LogP contribution in [0.2, 0.25) is 0 Å². The Morgan fingerprint density at radius 3 is 2.21 bits per heavy atom. The molecule has 0 saturated heterocycles. The molecule has 0 aliphatic heterocycles. The maximum absolute atomic E-state index is 12.2. The van der Waals surface area contributed by atoms with E-state index in [-0.39, 0.29) is 18.1 Å². The molecular formula is C16H18O7S. The van der Waals surface area contributed by atoms with Gasteiger partial charge in [0.1, 0.15) is 13.2 Å². The number of benzene rings is 1. The van der Waals surface area contributed by atoms with E-state index in [2.05, 4.69) is 13.2 Å². The van der Waals surface area contributed by atoms with E-state index in [9.17, 15) is 18.0 Å². The molecule has 0 radical (unpaired) electrons. The number of carbonyl (C=O) groups excluding carboxylic acids is 2. The minimum absolute atomic E-state index is 0.0707. The van der Waals surface area contributed by atoms with E-state index in [1.54, 1.807) is 6.07 Å². The van der Waals surface area contributed by atoms with Crippen molar-refractivity contribution in [2.45, 2.75) is 17.4 Å². The standard InChI is InChI=1S/C16H18O7S/c1-3-10-21-15(17)12-14(16(18)22-11-4-2)23-24(19,20)13-8-6-5-7-9-13/h3-9,14H,1-2,10-12H2. The van der Waals surface area contributed by atoms with Gasteiger partial charge in [-0.2, -0.15) is 8.42 Å². The van der Waals surface area contributed by atoms with Gasteiger partial charge in [0.2, 0.25) is 0 Å². The first kappa shape index (κ1) is 19.6. The summed E-state index contributed by atoms with van der Waals surface area (Å²) >= 11 is 0. The summed E-state index contributed by atoms with van der Waals surface area (Å²) in [5.74, 6) is -1.83. The van der Waals surface area contributed by atoms with Crippen LogP contribution in [0.5, 0.6) is 0 Å². The van der Waals surface area contributed by atoms with Crippen molar-refractivity contribution in [1.82, 2.24) is 0 Å². The highest BCUT2D eigenvalue weighted by atomic mass is 32.2. The van der Waals surface area contributed by atoms with Crippen molar-refractivity contribution >= 4 is 22.1 Å². The number of ether oxygens (including phenoxy) is 2. The second-order valence-corrected chi connectivity index (χ2v) is 6.02. The lowest BCUT2D eigenvalue weighted by atomic mass is 10.2. The number of hydrogen-bond donors (Lipinski definition) is 0. The molecule has 1 aromatic carbocycles. The van der Waals surface area contributed by atoms with E-state index in [0.717, 1.165) is 0 Å². The van der Waals surface area contributed by atoms with Crippen LogP contribution in [-0.2, 0) is 33.4 Å². The van der Waals surface area contributed by atoms with Crippen LogP contribution < -0.4 is 0 Å². The van der Waals surface area contributed by atoms with Crippen LogP contribution in [-0.4, -0.2) is 39.7 Å². The van der Waals surface area contributed by atoms with E-state index < -0.39 is 34.6 Å². The van der Waals surface area contributed by atoms with Crippen molar-refractivity contribution in [3.05, 3.63) is 55.6 Å². The topological polar surface area (TPSA) is 96.0 Å². The van der Waals surface area contributed by atoms with E-state index in [1.807, 2.05) is 0 Å². The Morgan fingerprint density at radius 1 is 1.04 bits per heavy atom. The first-order chi connectivity index (χ1) is 11.4. The molecule has 0 aliphatic rings. The van der Waals surface area contributed by atoms with Gasteiger partial charge in [-0.3, -0.25) is 8.98 Å². The number of esters is 2. The molecule has 0 heterocycles. The molecule has 24 heavy (non-hydrogen) atoms. The van der Waals surface area contributed by atoms with Gasteiger partial charge in [0, 0.05) is 0 Å². The predicted molar refractivity (Wildman–Crippen MR) is 85.4 cm³/mol. The third-order valence-electron chi connectivity index (χ3n) is 2.60. The third-order valence-corrected chi connectivity index (χ3v) is 3.93. The number of carbonyl (C=O) groups is 2. The Bertz CT molecular complexity index is 680. The Kier molecular flexibility index (Phi) is 7.87. The predicted octanol–water partition coefficient (Wildman–Crippen LogP) is 1.61. The quantitative estimate of drug-likeness (QED) is 0.358. The minimum atomic E-state index is -4.25. The van der Waals surface area contributed by atoms with Crippen molar-refractivity contribution in [2.24, 2.45) is 0 Å². The zero-order valence-electron chi connectivity index (χ0n) is 12.9. The van der Waals surface area contributed by atoms with E-state index >= 15 is 0 Å². The summed E-state index contributed by atoms with van der Waals surface area (Å²) in [6.07, 6.45) is 0.365. The molecule has 7 nitrogen and oxygen atoms in total. The van der Waals surface area contributed by atoms with Crippen LogP contribution in [0.4, 0.5) is 0 Å². The highest BCUT2D eigenvalue weighted by Gasteiger charge is 2.31. The van der Waals surface area contributed by atoms with Gasteiger partial charge < -0.3 is 9.47 Å². The summed E-state index contributed by atoms with van der Waals surface area (Å²) < 4.78 is 38.8. The molecule has 0 bridgehead atoms. The average molecular weight is 354 g/mol. The normalized spacial score (nSPS) is 12.0. The highest BCUT2D eigenvalue weighted by molar-refractivity contribution is 7.86. The molecule has 0 saturated carbocycles. The summed E-state index contributed by atoms with van der Waals surface area (Å²) in [4.78, 5) is 23.4. The fourth-order valence-corrected chi connectivity index (χ4v) is 2.60. The average Bonchev–Trinajstić information content (AvgIpc) is 2.57. The summed E-state index contributed by atoms with van der Waals surface area (Å²) in [6, 6.07) is 7.23. The fraction of sp³-hybridized carbons (Fsp3) is 0.250. The molecule has 1 rings (SSSR count). The first-order valence-electron chi connectivity index (χ1n) is 6.93. The Hall–Kier alpha value is -2.45. The van der Waals surface area contributed by atoms with E-state index in [4.69, 9.17) is 13.7 Å². The van der Waals surface area contributed by atoms with Gasteiger partial charge in [0.25, 0.3) is 10.1 Å². The van der Waals surface area contributed by atoms with Crippen LogP contribution in [0, 0.1) is 0 Å². The molecule has 1 aromatic rings. The Morgan fingerprint density at radius 2 is 1.62 bits per heavy atom. The van der Waals surface area contributed by atoms with Gasteiger partial charge in [-0.25, -0.2) is 4.79 Å². The van der Waals surface area contributed by atoms with Crippen LogP contribution in [0.1, 0.15) is 6.42 Å². The van der Waals surface area contributed by atoms with Gasteiger partial charge >= 0.3 is 11.9 Å². The SMILES string of the molecule is C=CCOC(=O)CC(OS(=O)(=O)c1ccccc1)C(=O)OCC=C. The summed E-state index contributed by atoms with van der Waals surface area (Å²) in [6.45, 7) is 6.54. The van der Waals surface area contributed by atoms with Crippen molar-refractivity contribution in [3.8, 4) is 0 Å². The lowest BCUT2D eigenvalue weighted by Gasteiger charge is -2.15. The molecule has 0 fully saturated rings. The summed E-state index contributed by atoms with van der Waals surface area (Å²) in [7, 11) is -4.25. The van der Waals surface area contributed by atoms with Gasteiger partial charge in [-0.15, -0.1) is 0 Å². The number of hydrogen-bond acceptors (Lipinski definition) is 7. The maximum atomic E-state index is 12.2. The van der Waals surface area contributed by atoms with Gasteiger partial charge in [0.15, 0.2) is 6.10 Å². The minimum Gasteiger partial charge on any atom is -0.461 e. The van der Waals surface area contributed by atoms with Crippen LogP contribution >= 0.6 is 0 Å². The highest BCUT2D eigenvalue weighted by Crippen LogP contribution is 2.16. The van der Waals surface area contributed by atoms with Crippen LogP contribution in [0.15, 0.2) is 60.5 Å². The molecule has 1 atom stereocenters. The molecule has 1 unspecified atom stereocenters. The third kappa shape index (κ3) is 6.35. The van der Waals surface area contributed by atoms with Crippen molar-refractivity contribution < 1.29 is 31.7 Å². The Labute approximate surface area is 140 Å². The maximum Gasteiger partial charge on any atom is 0.337 e. The fourth-order valence-electron chi connectivity index (χ4n) is 1.55. The van der Waals surface area contributed by atoms with Gasteiger partial charge in [-0.1, -0.05) is 43.5 Å². The lowest BCUT2D eigenvalue weighted by Crippen LogP contribution is -2.32. The zero-order valence-corrected chi connectivity index (χ0v) is 13.7. The monoisotopic (exact) mass is 354 g/mol. The van der Waals surface area contributed by atoms with Crippen LogP contribution in [0.3, 0.4) is 0 Å². The molecule has 130 valence electrons. The zero-order chi connectivity index (χ0) is 18.0. The van der Waals surface area contributed by atoms with Crippen LogP contribution in [0.25, 0.3) is 0 Å². The number of rotatable bonds is 10. The summed E-state index contributed by atoms with van der Waals surface area (Å²) in [5.41, 5.74) is 0. The first-order valence-corrected chi connectivity index (χ1v) is 8.34. The molecule has 0 aromatic heterocycles. The van der Waals surface area contributed by atoms with Crippen molar-refractivity contribution in [1.29, 1.82) is 0 Å². The molecule has 0 spiro atoms.